The molecule has 1 aliphatic rings. The summed E-state index contributed by atoms with van der Waals surface area (Å²) >= 11 is 0. The van der Waals surface area contributed by atoms with Gasteiger partial charge in [-0.3, -0.25) is 4.79 Å². The number of benzene rings is 2. The molecule has 0 radical (unpaired) electrons. The molecule has 0 atom stereocenters. The Morgan fingerprint density at radius 3 is 2.59 bits per heavy atom. The van der Waals surface area contributed by atoms with E-state index in [2.05, 4.69) is 5.32 Å². The summed E-state index contributed by atoms with van der Waals surface area (Å²) in [5, 5.41) is 2.62. The van der Waals surface area contributed by atoms with Gasteiger partial charge in [0, 0.05) is 18.2 Å². The smallest absolute Gasteiger partial charge is 0.251 e. The predicted octanol–water partition coefficient (Wildman–Crippen LogP) is 2.49. The lowest BCUT2D eigenvalue weighted by Crippen LogP contribution is -2.17. The zero-order valence-corrected chi connectivity index (χ0v) is 12.5. The van der Waals surface area contributed by atoms with Crippen molar-refractivity contribution < 1.29 is 19.0 Å². The number of ether oxygens (including phenoxy) is 3. The highest BCUT2D eigenvalue weighted by molar-refractivity contribution is 5.96. The van der Waals surface area contributed by atoms with Crippen LogP contribution in [0.4, 0.5) is 0 Å². The lowest BCUT2D eigenvalue weighted by molar-refractivity contribution is 0.0963. The third kappa shape index (κ3) is 2.57. The summed E-state index contributed by atoms with van der Waals surface area (Å²) in [4.78, 5) is 11.8. The van der Waals surface area contributed by atoms with Crippen molar-refractivity contribution in [1.29, 1.82) is 0 Å². The monoisotopic (exact) mass is 299 g/mol. The fraction of sp³-hybridized carbons (Fsp3) is 0.235. The third-order valence-electron chi connectivity index (χ3n) is 3.54. The summed E-state index contributed by atoms with van der Waals surface area (Å²) in [5.41, 5.74) is 2.32. The number of hydrogen-bond acceptors (Lipinski definition) is 4. The number of rotatable bonds is 3. The van der Waals surface area contributed by atoms with E-state index in [1.54, 1.807) is 26.3 Å². The van der Waals surface area contributed by atoms with Crippen LogP contribution in [-0.4, -0.2) is 33.3 Å². The first-order valence-electron chi connectivity index (χ1n) is 7.03. The molecule has 3 rings (SSSR count). The standard InChI is InChI=1S/C17H17NO4/c1-18-17(19)12-4-5-14(20-2)13(9-12)11-3-6-15-16(10-11)22-8-7-21-15/h3-6,9-10H,7-8H2,1-2H3,(H,18,19). The molecule has 0 unspecified atom stereocenters. The number of hydrogen-bond donors (Lipinski definition) is 1. The van der Waals surface area contributed by atoms with E-state index in [9.17, 15) is 4.79 Å². The number of nitrogens with one attached hydrogen (secondary N) is 1. The van der Waals surface area contributed by atoms with Crippen LogP contribution in [0.25, 0.3) is 11.1 Å². The molecular formula is C17H17NO4. The Kier molecular flexibility index (Phi) is 3.87. The van der Waals surface area contributed by atoms with Gasteiger partial charge in [0.1, 0.15) is 19.0 Å². The molecule has 22 heavy (non-hydrogen) atoms. The van der Waals surface area contributed by atoms with Gasteiger partial charge in [0.05, 0.1) is 7.11 Å². The first-order chi connectivity index (χ1) is 10.7. The van der Waals surface area contributed by atoms with Gasteiger partial charge in [-0.15, -0.1) is 0 Å². The zero-order chi connectivity index (χ0) is 15.5. The second-order valence-electron chi connectivity index (χ2n) is 4.85. The van der Waals surface area contributed by atoms with E-state index in [0.29, 0.717) is 30.3 Å². The van der Waals surface area contributed by atoms with Gasteiger partial charge >= 0.3 is 0 Å². The molecule has 5 heteroatoms. The molecule has 0 bridgehead atoms. The van der Waals surface area contributed by atoms with Crippen LogP contribution in [-0.2, 0) is 0 Å². The van der Waals surface area contributed by atoms with Gasteiger partial charge in [-0.2, -0.15) is 0 Å². The molecule has 2 aromatic rings. The number of carbonyl (C=O) groups is 1. The van der Waals surface area contributed by atoms with Crippen LogP contribution < -0.4 is 19.5 Å². The predicted molar refractivity (Wildman–Crippen MR) is 82.8 cm³/mol. The average Bonchev–Trinajstić information content (AvgIpc) is 2.60. The van der Waals surface area contributed by atoms with Crippen LogP contribution in [0.2, 0.25) is 0 Å². The van der Waals surface area contributed by atoms with Crippen molar-refractivity contribution in [3.8, 4) is 28.4 Å². The molecule has 1 amide bonds. The molecule has 0 saturated carbocycles. The lowest BCUT2D eigenvalue weighted by atomic mass is 10.0. The second kappa shape index (κ2) is 5.97. The summed E-state index contributed by atoms with van der Waals surface area (Å²) in [5.74, 6) is 2.00. The molecule has 1 aliphatic heterocycles. The van der Waals surface area contributed by atoms with Crippen molar-refractivity contribution in [1.82, 2.24) is 5.32 Å². The molecule has 0 saturated heterocycles. The average molecular weight is 299 g/mol. The van der Waals surface area contributed by atoms with E-state index in [1.165, 1.54) is 0 Å². The van der Waals surface area contributed by atoms with Gasteiger partial charge in [-0.25, -0.2) is 0 Å². The molecule has 5 nitrogen and oxygen atoms in total. The SMILES string of the molecule is CNC(=O)c1ccc(OC)c(-c2ccc3c(c2)OCCO3)c1. The van der Waals surface area contributed by atoms with Crippen molar-refractivity contribution >= 4 is 5.91 Å². The van der Waals surface area contributed by atoms with Gasteiger partial charge < -0.3 is 19.5 Å². The van der Waals surface area contributed by atoms with E-state index in [1.807, 2.05) is 24.3 Å². The van der Waals surface area contributed by atoms with Crippen molar-refractivity contribution in [2.24, 2.45) is 0 Å². The Morgan fingerprint density at radius 2 is 1.86 bits per heavy atom. The van der Waals surface area contributed by atoms with Crippen LogP contribution in [0.1, 0.15) is 10.4 Å². The summed E-state index contributed by atoms with van der Waals surface area (Å²) in [6.07, 6.45) is 0. The van der Waals surface area contributed by atoms with Crippen molar-refractivity contribution in [3.05, 3.63) is 42.0 Å². The Hall–Kier alpha value is -2.69. The maximum absolute atomic E-state index is 11.8. The van der Waals surface area contributed by atoms with Crippen LogP contribution in [0, 0.1) is 0 Å². The maximum Gasteiger partial charge on any atom is 0.251 e. The van der Waals surface area contributed by atoms with Crippen LogP contribution in [0.3, 0.4) is 0 Å². The molecule has 0 aliphatic carbocycles. The molecule has 114 valence electrons. The number of amides is 1. The fourth-order valence-electron chi connectivity index (χ4n) is 2.43. The Morgan fingerprint density at radius 1 is 1.09 bits per heavy atom. The maximum atomic E-state index is 11.8. The van der Waals surface area contributed by atoms with E-state index in [4.69, 9.17) is 14.2 Å². The lowest BCUT2D eigenvalue weighted by Gasteiger charge is -2.19. The Bertz CT molecular complexity index is 712. The summed E-state index contributed by atoms with van der Waals surface area (Å²) in [6, 6.07) is 11.0. The topological polar surface area (TPSA) is 56.8 Å². The Balaban J connectivity index is 2.07. The molecule has 1 heterocycles. The van der Waals surface area contributed by atoms with Crippen molar-refractivity contribution in [3.63, 3.8) is 0 Å². The first kappa shape index (κ1) is 14.3. The van der Waals surface area contributed by atoms with E-state index in [0.717, 1.165) is 16.9 Å². The number of fused-ring (bicyclic) bond motifs is 1. The minimum Gasteiger partial charge on any atom is -0.496 e. The van der Waals surface area contributed by atoms with Gasteiger partial charge in [0.15, 0.2) is 11.5 Å². The third-order valence-corrected chi connectivity index (χ3v) is 3.54. The van der Waals surface area contributed by atoms with Crippen LogP contribution in [0.15, 0.2) is 36.4 Å². The van der Waals surface area contributed by atoms with Gasteiger partial charge in [0.25, 0.3) is 5.91 Å². The highest BCUT2D eigenvalue weighted by Crippen LogP contribution is 2.38. The van der Waals surface area contributed by atoms with Crippen LogP contribution >= 0.6 is 0 Å². The fourth-order valence-corrected chi connectivity index (χ4v) is 2.43. The summed E-state index contributed by atoms with van der Waals surface area (Å²) in [6.45, 7) is 1.09. The Labute approximate surface area is 128 Å². The van der Waals surface area contributed by atoms with Gasteiger partial charge in [-0.05, 0) is 35.9 Å². The van der Waals surface area contributed by atoms with E-state index in [-0.39, 0.29) is 5.91 Å². The number of carbonyl (C=O) groups excluding carboxylic acids is 1. The zero-order valence-electron chi connectivity index (χ0n) is 12.5. The molecule has 2 aromatic carbocycles. The van der Waals surface area contributed by atoms with Gasteiger partial charge in [0.2, 0.25) is 0 Å². The normalized spacial score (nSPS) is 12.6. The second-order valence-corrected chi connectivity index (χ2v) is 4.85. The van der Waals surface area contributed by atoms with Crippen LogP contribution in [0.5, 0.6) is 17.2 Å². The van der Waals surface area contributed by atoms with E-state index >= 15 is 0 Å². The molecule has 0 spiro atoms. The largest absolute Gasteiger partial charge is 0.496 e. The minimum absolute atomic E-state index is 0.138. The number of methoxy groups -OCH3 is 1. The first-order valence-corrected chi connectivity index (χ1v) is 7.03. The molecule has 0 fully saturated rings. The van der Waals surface area contributed by atoms with Crippen molar-refractivity contribution in [2.45, 2.75) is 0 Å². The minimum atomic E-state index is -0.138. The molecule has 1 N–H and O–H groups in total. The van der Waals surface area contributed by atoms with Crippen molar-refractivity contribution in [2.75, 3.05) is 27.4 Å². The quantitative estimate of drug-likeness (QED) is 0.946. The van der Waals surface area contributed by atoms with E-state index < -0.39 is 0 Å². The molecular weight excluding hydrogens is 282 g/mol. The highest BCUT2D eigenvalue weighted by Gasteiger charge is 2.15. The molecule has 0 aromatic heterocycles. The highest BCUT2D eigenvalue weighted by atomic mass is 16.6. The summed E-state index contributed by atoms with van der Waals surface area (Å²) in [7, 11) is 3.22. The summed E-state index contributed by atoms with van der Waals surface area (Å²) < 4.78 is 16.6. The van der Waals surface area contributed by atoms with Gasteiger partial charge in [-0.1, -0.05) is 6.07 Å².